The first kappa shape index (κ1) is 21.7. The van der Waals surface area contributed by atoms with Crippen molar-refractivity contribution in [2.45, 2.75) is 45.6 Å². The Bertz CT molecular complexity index is 811. The normalized spacial score (nSPS) is 19.5. The monoisotopic (exact) mass is 415 g/mol. The average molecular weight is 415 g/mol. The van der Waals surface area contributed by atoms with E-state index in [2.05, 4.69) is 10.6 Å². The second kappa shape index (κ2) is 10.1. The minimum Gasteiger partial charge on any atom is -0.484 e. The summed E-state index contributed by atoms with van der Waals surface area (Å²) < 4.78 is 10.8. The van der Waals surface area contributed by atoms with E-state index in [0.717, 1.165) is 31.5 Å². The number of rotatable bonds is 6. The van der Waals surface area contributed by atoms with Crippen LogP contribution in [-0.2, 0) is 14.3 Å². The lowest BCUT2D eigenvalue weighted by molar-refractivity contribution is -0.139. The van der Waals surface area contributed by atoms with Crippen LogP contribution in [0.1, 0.15) is 51.1 Å². The largest absolute Gasteiger partial charge is 0.484 e. The smallest absolute Gasteiger partial charge is 0.338 e. The molecule has 0 unspecified atom stereocenters. The molecule has 8 heteroatoms. The van der Waals surface area contributed by atoms with Gasteiger partial charge in [-0.2, -0.15) is 0 Å². The summed E-state index contributed by atoms with van der Waals surface area (Å²) in [5.41, 5.74) is 1.55. The highest BCUT2D eigenvalue weighted by Gasteiger charge is 2.32. The van der Waals surface area contributed by atoms with Crippen molar-refractivity contribution in [1.29, 1.82) is 0 Å². The number of esters is 1. The zero-order chi connectivity index (χ0) is 21.5. The number of urea groups is 1. The maximum absolute atomic E-state index is 12.4. The maximum atomic E-state index is 12.4. The van der Waals surface area contributed by atoms with Gasteiger partial charge < -0.3 is 25.0 Å². The Morgan fingerprint density at radius 2 is 1.77 bits per heavy atom. The summed E-state index contributed by atoms with van der Waals surface area (Å²) in [5, 5.41) is 5.37. The summed E-state index contributed by atoms with van der Waals surface area (Å²) in [6, 6.07) is 6.01. The van der Waals surface area contributed by atoms with Crippen molar-refractivity contribution >= 4 is 17.9 Å². The summed E-state index contributed by atoms with van der Waals surface area (Å²) >= 11 is 0. The van der Waals surface area contributed by atoms with E-state index in [4.69, 9.17) is 9.47 Å². The van der Waals surface area contributed by atoms with Crippen LogP contribution in [0, 0.1) is 0 Å². The molecular formula is C22H29N3O5. The molecule has 0 radical (unpaired) electrons. The van der Waals surface area contributed by atoms with Gasteiger partial charge in [0, 0.05) is 18.8 Å². The first-order valence-electron chi connectivity index (χ1n) is 10.5. The van der Waals surface area contributed by atoms with Gasteiger partial charge in [-0.05, 0) is 44.4 Å². The number of nitrogens with zero attached hydrogens (tertiary/aromatic N) is 1. The summed E-state index contributed by atoms with van der Waals surface area (Å²) in [5.74, 6) is 0.0752. The van der Waals surface area contributed by atoms with E-state index in [9.17, 15) is 14.4 Å². The van der Waals surface area contributed by atoms with E-state index in [-0.39, 0.29) is 25.2 Å². The lowest BCUT2D eigenvalue weighted by Gasteiger charge is -2.28. The second-order valence-corrected chi connectivity index (χ2v) is 7.44. The number of hydrogen-bond acceptors (Lipinski definition) is 5. The van der Waals surface area contributed by atoms with Crippen molar-refractivity contribution in [2.24, 2.45) is 0 Å². The predicted octanol–water partition coefficient (Wildman–Crippen LogP) is 2.66. The number of benzene rings is 1. The zero-order valence-electron chi connectivity index (χ0n) is 17.5. The number of hydrogen-bond donors (Lipinski definition) is 2. The van der Waals surface area contributed by atoms with Gasteiger partial charge in [0.25, 0.3) is 5.91 Å². The fraction of sp³-hybridized carbons (Fsp3) is 0.500. The molecule has 3 amide bonds. The zero-order valence-corrected chi connectivity index (χ0v) is 17.5. The number of allylic oxidation sites excluding steroid dienone is 1. The van der Waals surface area contributed by atoms with E-state index in [1.54, 1.807) is 38.1 Å². The lowest BCUT2D eigenvalue weighted by Crippen LogP contribution is -2.45. The van der Waals surface area contributed by atoms with Gasteiger partial charge in [-0.15, -0.1) is 0 Å². The van der Waals surface area contributed by atoms with Gasteiger partial charge in [0.05, 0.1) is 18.2 Å². The molecule has 1 fully saturated rings. The number of nitrogens with one attached hydrogen (secondary N) is 2. The van der Waals surface area contributed by atoms with Crippen LogP contribution in [-0.4, -0.2) is 49.1 Å². The van der Waals surface area contributed by atoms with Gasteiger partial charge in [0.15, 0.2) is 6.61 Å². The molecule has 3 rings (SSSR count). The number of amides is 3. The molecule has 1 aromatic rings. The third-order valence-corrected chi connectivity index (χ3v) is 5.30. The topological polar surface area (TPSA) is 97.0 Å². The molecule has 2 aliphatic heterocycles. The van der Waals surface area contributed by atoms with Crippen LogP contribution in [0.15, 0.2) is 35.5 Å². The van der Waals surface area contributed by atoms with Crippen molar-refractivity contribution in [1.82, 2.24) is 15.5 Å². The van der Waals surface area contributed by atoms with E-state index >= 15 is 0 Å². The van der Waals surface area contributed by atoms with Crippen LogP contribution < -0.4 is 15.4 Å². The van der Waals surface area contributed by atoms with Gasteiger partial charge in [0.1, 0.15) is 5.75 Å². The van der Waals surface area contributed by atoms with Gasteiger partial charge >= 0.3 is 12.0 Å². The molecule has 0 spiro atoms. The van der Waals surface area contributed by atoms with E-state index in [1.807, 2.05) is 4.90 Å². The molecule has 0 saturated carbocycles. The molecule has 1 aromatic carbocycles. The summed E-state index contributed by atoms with van der Waals surface area (Å²) in [6.45, 7) is 5.23. The Labute approximate surface area is 176 Å². The molecule has 2 heterocycles. The number of likely N-dealkylation sites (tertiary alicyclic amines) is 1. The van der Waals surface area contributed by atoms with Crippen LogP contribution in [0.3, 0.4) is 0 Å². The Hall–Kier alpha value is -3.03. The van der Waals surface area contributed by atoms with E-state index < -0.39 is 12.0 Å². The van der Waals surface area contributed by atoms with Gasteiger partial charge in [-0.25, -0.2) is 9.59 Å². The molecule has 2 aliphatic rings. The Morgan fingerprint density at radius 3 is 2.40 bits per heavy atom. The summed E-state index contributed by atoms with van der Waals surface area (Å²) in [7, 11) is 0. The maximum Gasteiger partial charge on any atom is 0.338 e. The highest BCUT2D eigenvalue weighted by Crippen LogP contribution is 2.28. The molecule has 1 atom stereocenters. The fourth-order valence-corrected chi connectivity index (χ4v) is 3.74. The van der Waals surface area contributed by atoms with E-state index in [1.165, 1.54) is 12.8 Å². The Balaban J connectivity index is 1.66. The molecule has 8 nitrogen and oxygen atoms in total. The highest BCUT2D eigenvalue weighted by atomic mass is 16.5. The van der Waals surface area contributed by atoms with Crippen molar-refractivity contribution in [3.63, 3.8) is 0 Å². The minimum atomic E-state index is -0.620. The third kappa shape index (κ3) is 5.31. The van der Waals surface area contributed by atoms with Crippen LogP contribution in [0.25, 0.3) is 0 Å². The van der Waals surface area contributed by atoms with Gasteiger partial charge in [-0.1, -0.05) is 25.0 Å². The molecular weight excluding hydrogens is 386 g/mol. The number of carbonyl (C=O) groups is 3. The standard InChI is InChI=1S/C22H29N3O5/c1-3-29-21(27)19-15(2)23-22(28)24-20(19)16-8-10-17(11-9-16)30-14-18(26)25-12-6-4-5-7-13-25/h8-11,20H,3-7,12-14H2,1-2H3,(H2,23,24,28)/t20-/m1/s1. The van der Waals surface area contributed by atoms with Crippen LogP contribution in [0.2, 0.25) is 0 Å². The minimum absolute atomic E-state index is 0.00345. The number of ether oxygens (including phenoxy) is 2. The van der Waals surface area contributed by atoms with Crippen molar-refractivity contribution < 1.29 is 23.9 Å². The van der Waals surface area contributed by atoms with Crippen LogP contribution in [0.5, 0.6) is 5.75 Å². The first-order chi connectivity index (χ1) is 14.5. The van der Waals surface area contributed by atoms with Gasteiger partial charge in [0.2, 0.25) is 0 Å². The Morgan fingerprint density at radius 1 is 1.10 bits per heavy atom. The summed E-state index contributed by atoms with van der Waals surface area (Å²) in [6.07, 6.45) is 4.42. The Kier molecular flexibility index (Phi) is 7.32. The number of carbonyl (C=O) groups excluding carboxylic acids is 3. The molecule has 30 heavy (non-hydrogen) atoms. The molecule has 2 N–H and O–H groups in total. The van der Waals surface area contributed by atoms with Crippen LogP contribution in [0.4, 0.5) is 4.79 Å². The fourth-order valence-electron chi connectivity index (χ4n) is 3.74. The predicted molar refractivity (Wildman–Crippen MR) is 111 cm³/mol. The SMILES string of the molecule is CCOC(=O)C1=C(C)NC(=O)N[C@@H]1c1ccc(OCC(=O)N2CCCCCC2)cc1. The van der Waals surface area contributed by atoms with Crippen molar-refractivity contribution in [3.8, 4) is 5.75 Å². The lowest BCUT2D eigenvalue weighted by atomic mass is 9.95. The molecule has 1 saturated heterocycles. The highest BCUT2D eigenvalue weighted by molar-refractivity contribution is 5.95. The average Bonchev–Trinajstić information content (AvgIpc) is 3.01. The van der Waals surface area contributed by atoms with Crippen molar-refractivity contribution in [3.05, 3.63) is 41.1 Å². The summed E-state index contributed by atoms with van der Waals surface area (Å²) in [4.78, 5) is 38.6. The quantitative estimate of drug-likeness (QED) is 0.697. The molecule has 0 aliphatic carbocycles. The van der Waals surface area contributed by atoms with Crippen LogP contribution >= 0.6 is 0 Å². The molecule has 0 bridgehead atoms. The second-order valence-electron chi connectivity index (χ2n) is 7.44. The third-order valence-electron chi connectivity index (χ3n) is 5.30. The molecule has 0 aromatic heterocycles. The molecule has 162 valence electrons. The van der Waals surface area contributed by atoms with Gasteiger partial charge in [-0.3, -0.25) is 4.79 Å². The van der Waals surface area contributed by atoms with Crippen molar-refractivity contribution in [2.75, 3.05) is 26.3 Å². The van der Waals surface area contributed by atoms with E-state index in [0.29, 0.717) is 17.0 Å². The first-order valence-corrected chi connectivity index (χ1v) is 10.5.